The molecule has 0 bridgehead atoms. The lowest BCUT2D eigenvalue weighted by Gasteiger charge is -2.31. The number of carboxylic acid groups (broad SMARTS) is 1. The molecule has 1 aliphatic rings. The van der Waals surface area contributed by atoms with Crippen molar-refractivity contribution in [2.75, 3.05) is 19.6 Å². The predicted octanol–water partition coefficient (Wildman–Crippen LogP) is -0.324. The summed E-state index contributed by atoms with van der Waals surface area (Å²) in [5, 5.41) is 11.7. The lowest BCUT2D eigenvalue weighted by molar-refractivity contribution is -0.142. The summed E-state index contributed by atoms with van der Waals surface area (Å²) >= 11 is 0. The minimum Gasteiger partial charge on any atom is -0.480 e. The maximum absolute atomic E-state index is 12.1. The van der Waals surface area contributed by atoms with Gasteiger partial charge in [0.1, 0.15) is 6.04 Å². The molecular weight excluding hydrogens is 298 g/mol. The van der Waals surface area contributed by atoms with Gasteiger partial charge in [-0.15, -0.1) is 0 Å². The van der Waals surface area contributed by atoms with E-state index in [4.69, 9.17) is 5.11 Å². The van der Waals surface area contributed by atoms with E-state index in [2.05, 4.69) is 10.0 Å². The van der Waals surface area contributed by atoms with Gasteiger partial charge in [-0.3, -0.25) is 9.59 Å². The Kier molecular flexibility index (Phi) is 7.06. The molecule has 0 radical (unpaired) electrons. The fourth-order valence-electron chi connectivity index (χ4n) is 2.17. The number of nitrogens with one attached hydrogen (secondary N) is 2. The maximum atomic E-state index is 12.1. The SMILES string of the molecule is CCCNC(=O)CCNS(=O)(=O)N1CCCCC1C(=O)O. The smallest absolute Gasteiger partial charge is 0.322 e. The van der Waals surface area contributed by atoms with Gasteiger partial charge >= 0.3 is 5.97 Å². The van der Waals surface area contributed by atoms with Crippen LogP contribution < -0.4 is 10.0 Å². The number of amides is 1. The van der Waals surface area contributed by atoms with Crippen LogP contribution in [0.15, 0.2) is 0 Å². The van der Waals surface area contributed by atoms with Crippen molar-refractivity contribution in [2.45, 2.75) is 45.1 Å². The molecule has 1 amide bonds. The molecular formula is C12H23N3O5S. The number of piperidine rings is 1. The van der Waals surface area contributed by atoms with Crippen LogP contribution in [-0.2, 0) is 19.8 Å². The second kappa shape index (κ2) is 8.30. The van der Waals surface area contributed by atoms with Crippen LogP contribution in [0.5, 0.6) is 0 Å². The molecule has 0 saturated carbocycles. The Labute approximate surface area is 125 Å². The van der Waals surface area contributed by atoms with E-state index in [1.54, 1.807) is 0 Å². The molecule has 1 unspecified atom stereocenters. The van der Waals surface area contributed by atoms with Crippen molar-refractivity contribution in [3.63, 3.8) is 0 Å². The zero-order valence-corrected chi connectivity index (χ0v) is 13.0. The van der Waals surface area contributed by atoms with Crippen LogP contribution in [0.1, 0.15) is 39.0 Å². The number of carboxylic acids is 1. The van der Waals surface area contributed by atoms with E-state index < -0.39 is 22.2 Å². The standard InChI is InChI=1S/C12H23N3O5S/c1-2-7-13-11(16)6-8-14-21(19,20)15-9-4-3-5-10(15)12(17)18/h10,14H,2-9H2,1H3,(H,13,16)(H,17,18). The quantitative estimate of drug-likeness (QED) is 0.566. The summed E-state index contributed by atoms with van der Waals surface area (Å²) in [6.07, 6.45) is 2.49. The van der Waals surface area contributed by atoms with Crippen LogP contribution in [0, 0.1) is 0 Å². The molecule has 1 atom stereocenters. The Morgan fingerprint density at radius 1 is 1.29 bits per heavy atom. The number of aliphatic carboxylic acids is 1. The first-order valence-corrected chi connectivity index (χ1v) is 8.58. The van der Waals surface area contributed by atoms with Crippen molar-refractivity contribution in [2.24, 2.45) is 0 Å². The highest BCUT2D eigenvalue weighted by Gasteiger charge is 2.36. The Bertz CT molecular complexity index is 466. The molecule has 21 heavy (non-hydrogen) atoms. The van der Waals surface area contributed by atoms with Crippen LogP contribution in [0.4, 0.5) is 0 Å². The van der Waals surface area contributed by atoms with Crippen molar-refractivity contribution < 1.29 is 23.1 Å². The van der Waals surface area contributed by atoms with Crippen molar-refractivity contribution in [1.29, 1.82) is 0 Å². The molecule has 9 heteroatoms. The van der Waals surface area contributed by atoms with Crippen molar-refractivity contribution in [3.05, 3.63) is 0 Å². The number of rotatable bonds is 8. The summed E-state index contributed by atoms with van der Waals surface area (Å²) in [5.74, 6) is -1.37. The van der Waals surface area contributed by atoms with Gasteiger partial charge in [0.05, 0.1) is 0 Å². The van der Waals surface area contributed by atoms with E-state index in [0.29, 0.717) is 25.8 Å². The van der Waals surface area contributed by atoms with Gasteiger partial charge in [0.25, 0.3) is 10.2 Å². The summed E-state index contributed by atoms with van der Waals surface area (Å²) in [4.78, 5) is 22.5. The van der Waals surface area contributed by atoms with Crippen LogP contribution in [0.3, 0.4) is 0 Å². The summed E-state index contributed by atoms with van der Waals surface area (Å²) in [6.45, 7) is 2.62. The molecule has 1 heterocycles. The molecule has 0 aromatic rings. The third-order valence-corrected chi connectivity index (χ3v) is 4.88. The Balaban J connectivity index is 2.51. The zero-order valence-electron chi connectivity index (χ0n) is 12.2. The molecule has 0 spiro atoms. The molecule has 0 aliphatic carbocycles. The van der Waals surface area contributed by atoms with Crippen LogP contribution in [0.25, 0.3) is 0 Å². The Morgan fingerprint density at radius 2 is 2.00 bits per heavy atom. The van der Waals surface area contributed by atoms with Gasteiger partial charge in [0.15, 0.2) is 0 Å². The number of hydrogen-bond acceptors (Lipinski definition) is 4. The molecule has 1 fully saturated rings. The van der Waals surface area contributed by atoms with Gasteiger partial charge in [-0.25, -0.2) is 4.72 Å². The van der Waals surface area contributed by atoms with Crippen LogP contribution in [-0.4, -0.2) is 55.4 Å². The van der Waals surface area contributed by atoms with Gasteiger partial charge in [-0.1, -0.05) is 6.92 Å². The first-order valence-electron chi connectivity index (χ1n) is 7.14. The highest BCUT2D eigenvalue weighted by atomic mass is 32.2. The van der Waals surface area contributed by atoms with Gasteiger partial charge in [-0.05, 0) is 25.7 Å². The number of nitrogens with zero attached hydrogens (tertiary/aromatic N) is 1. The topological polar surface area (TPSA) is 116 Å². The summed E-state index contributed by atoms with van der Waals surface area (Å²) in [5.41, 5.74) is 0. The largest absolute Gasteiger partial charge is 0.480 e. The van der Waals surface area contributed by atoms with E-state index in [-0.39, 0.29) is 25.4 Å². The Hall–Kier alpha value is -1.19. The van der Waals surface area contributed by atoms with Crippen molar-refractivity contribution in [1.82, 2.24) is 14.3 Å². The monoisotopic (exact) mass is 321 g/mol. The fourth-order valence-corrected chi connectivity index (χ4v) is 3.59. The summed E-state index contributed by atoms with van der Waals surface area (Å²) in [7, 11) is -3.87. The number of carbonyl (C=O) groups is 2. The molecule has 1 saturated heterocycles. The fraction of sp³-hybridized carbons (Fsp3) is 0.833. The van der Waals surface area contributed by atoms with E-state index in [1.807, 2.05) is 6.92 Å². The van der Waals surface area contributed by atoms with Gasteiger partial charge in [0.2, 0.25) is 5.91 Å². The third-order valence-electron chi connectivity index (χ3n) is 3.26. The second-order valence-electron chi connectivity index (χ2n) is 4.96. The van der Waals surface area contributed by atoms with E-state index in [9.17, 15) is 18.0 Å². The maximum Gasteiger partial charge on any atom is 0.322 e. The summed E-state index contributed by atoms with van der Waals surface area (Å²) < 4.78 is 27.5. The number of hydrogen-bond donors (Lipinski definition) is 3. The van der Waals surface area contributed by atoms with Gasteiger partial charge < -0.3 is 10.4 Å². The highest BCUT2D eigenvalue weighted by molar-refractivity contribution is 7.87. The van der Waals surface area contributed by atoms with Gasteiger partial charge in [-0.2, -0.15) is 12.7 Å². The molecule has 0 aromatic heterocycles. The second-order valence-corrected chi connectivity index (χ2v) is 6.67. The average molecular weight is 321 g/mol. The van der Waals surface area contributed by atoms with Gasteiger partial charge in [0, 0.05) is 26.1 Å². The van der Waals surface area contributed by atoms with Crippen molar-refractivity contribution >= 4 is 22.1 Å². The minimum absolute atomic E-state index is 0.0325. The minimum atomic E-state index is -3.87. The molecule has 3 N–H and O–H groups in total. The predicted molar refractivity (Wildman–Crippen MR) is 76.8 cm³/mol. The lowest BCUT2D eigenvalue weighted by Crippen LogP contribution is -2.52. The lowest BCUT2D eigenvalue weighted by atomic mass is 10.1. The van der Waals surface area contributed by atoms with Crippen molar-refractivity contribution in [3.8, 4) is 0 Å². The molecule has 1 rings (SSSR count). The zero-order chi connectivity index (χ0) is 15.9. The summed E-state index contributed by atoms with van der Waals surface area (Å²) in [6, 6.07) is -1.02. The van der Waals surface area contributed by atoms with E-state index in [0.717, 1.165) is 10.7 Å². The van der Waals surface area contributed by atoms with E-state index >= 15 is 0 Å². The normalized spacial score (nSPS) is 20.1. The molecule has 0 aromatic carbocycles. The first-order chi connectivity index (χ1) is 9.88. The van der Waals surface area contributed by atoms with E-state index in [1.165, 1.54) is 0 Å². The number of carbonyl (C=O) groups excluding carboxylic acids is 1. The molecule has 122 valence electrons. The first kappa shape index (κ1) is 17.9. The average Bonchev–Trinajstić information content (AvgIpc) is 2.44. The third kappa shape index (κ3) is 5.60. The Morgan fingerprint density at radius 3 is 2.62 bits per heavy atom. The highest BCUT2D eigenvalue weighted by Crippen LogP contribution is 2.19. The molecule has 1 aliphatic heterocycles. The van der Waals surface area contributed by atoms with Crippen LogP contribution in [0.2, 0.25) is 0 Å². The molecule has 8 nitrogen and oxygen atoms in total. The van der Waals surface area contributed by atoms with Crippen LogP contribution >= 0.6 is 0 Å².